The molecule has 0 spiro atoms. The molecule has 0 aromatic rings. The molecule has 1 unspecified atom stereocenters. The molecule has 0 aromatic heterocycles. The molecule has 0 aliphatic carbocycles. The number of allylic oxidation sites excluding steroid dienone is 2. The minimum absolute atomic E-state index is 0.0941. The van der Waals surface area contributed by atoms with E-state index >= 15 is 0 Å². The lowest BCUT2D eigenvalue weighted by Crippen LogP contribution is -2.50. The second-order valence-electron chi connectivity index (χ2n) is 5.11. The molecule has 20 heavy (non-hydrogen) atoms. The van der Waals surface area contributed by atoms with Gasteiger partial charge in [-0.15, -0.1) is 0 Å². The number of rotatable bonds is 7. The van der Waals surface area contributed by atoms with E-state index in [0.717, 1.165) is 11.1 Å². The molecule has 1 amide bonds. The van der Waals surface area contributed by atoms with Crippen molar-refractivity contribution in [1.82, 2.24) is 4.90 Å². The number of aliphatic carboxylic acids is 1. The molecule has 5 heteroatoms. The van der Waals surface area contributed by atoms with Crippen LogP contribution in [0.5, 0.6) is 0 Å². The lowest BCUT2D eigenvalue weighted by molar-refractivity contribution is -0.149. The summed E-state index contributed by atoms with van der Waals surface area (Å²) in [4.78, 5) is 24.7. The molecule has 0 saturated heterocycles. The van der Waals surface area contributed by atoms with Crippen LogP contribution in [0.15, 0.2) is 23.3 Å². The molecule has 0 rings (SSSR count). The molecule has 0 bridgehead atoms. The maximum atomic E-state index is 11.9. The molecule has 0 heterocycles. The highest BCUT2D eigenvalue weighted by molar-refractivity contribution is 7.80. The largest absolute Gasteiger partial charge is 0.480 e. The quantitative estimate of drug-likeness (QED) is 0.561. The minimum Gasteiger partial charge on any atom is -0.480 e. The highest BCUT2D eigenvalue weighted by Gasteiger charge is 2.31. The standard InChI is InChI=1S/C15H25NO3S/c1-6-11(4)8-13(7-10(2)3)16(12(5)17)14(9-20)15(18)19/h6-7,13-14,20H,8-9H2,1-5H3,(H,18,19)/b11-6+/t13?,14-/m0/s1. The van der Waals surface area contributed by atoms with E-state index in [1.807, 2.05) is 39.8 Å². The van der Waals surface area contributed by atoms with Gasteiger partial charge in [0.2, 0.25) is 5.91 Å². The number of carboxylic acid groups (broad SMARTS) is 1. The van der Waals surface area contributed by atoms with E-state index in [2.05, 4.69) is 12.6 Å². The second kappa shape index (κ2) is 8.84. The summed E-state index contributed by atoms with van der Waals surface area (Å²) in [6.45, 7) is 9.18. The predicted molar refractivity (Wildman–Crippen MR) is 85.1 cm³/mol. The molecule has 0 saturated carbocycles. The summed E-state index contributed by atoms with van der Waals surface area (Å²) in [5, 5.41) is 9.29. The molecule has 114 valence electrons. The number of carboxylic acids is 1. The highest BCUT2D eigenvalue weighted by Crippen LogP contribution is 2.19. The number of amides is 1. The fourth-order valence-electron chi connectivity index (χ4n) is 2.04. The van der Waals surface area contributed by atoms with E-state index in [-0.39, 0.29) is 17.7 Å². The molecule has 0 aliphatic heterocycles. The first-order valence-corrected chi connectivity index (χ1v) is 7.27. The maximum absolute atomic E-state index is 11.9. The predicted octanol–water partition coefficient (Wildman–Crippen LogP) is 2.91. The summed E-state index contributed by atoms with van der Waals surface area (Å²) < 4.78 is 0. The first-order chi connectivity index (χ1) is 9.24. The molecule has 4 nitrogen and oxygen atoms in total. The molecule has 0 fully saturated rings. The average Bonchev–Trinajstić information content (AvgIpc) is 2.33. The summed E-state index contributed by atoms with van der Waals surface area (Å²) in [7, 11) is 0. The van der Waals surface area contributed by atoms with Gasteiger partial charge in [-0.25, -0.2) is 4.79 Å². The fraction of sp³-hybridized carbons (Fsp3) is 0.600. The summed E-state index contributed by atoms with van der Waals surface area (Å²) in [5.41, 5.74) is 2.16. The van der Waals surface area contributed by atoms with Crippen LogP contribution in [0.2, 0.25) is 0 Å². The Kier molecular flexibility index (Phi) is 8.30. The van der Waals surface area contributed by atoms with Crippen molar-refractivity contribution in [3.05, 3.63) is 23.3 Å². The van der Waals surface area contributed by atoms with E-state index in [1.54, 1.807) is 0 Å². The van der Waals surface area contributed by atoms with Crippen LogP contribution in [0, 0.1) is 0 Å². The summed E-state index contributed by atoms with van der Waals surface area (Å²) in [6.07, 6.45) is 4.53. The van der Waals surface area contributed by atoms with Gasteiger partial charge in [0.15, 0.2) is 0 Å². The van der Waals surface area contributed by atoms with Gasteiger partial charge in [0.05, 0.1) is 6.04 Å². The summed E-state index contributed by atoms with van der Waals surface area (Å²) >= 11 is 4.08. The minimum atomic E-state index is -1.03. The van der Waals surface area contributed by atoms with Gasteiger partial charge in [-0.05, 0) is 34.1 Å². The van der Waals surface area contributed by atoms with Crippen molar-refractivity contribution in [2.24, 2.45) is 0 Å². The third-order valence-corrected chi connectivity index (χ3v) is 3.41. The van der Waals surface area contributed by atoms with E-state index in [0.29, 0.717) is 6.42 Å². The number of hydrogen-bond donors (Lipinski definition) is 2. The molecular weight excluding hydrogens is 274 g/mol. The lowest BCUT2D eigenvalue weighted by atomic mass is 10.0. The normalized spacial score (nSPS) is 14.4. The zero-order valence-electron chi connectivity index (χ0n) is 12.9. The van der Waals surface area contributed by atoms with Crippen molar-refractivity contribution in [1.29, 1.82) is 0 Å². The van der Waals surface area contributed by atoms with Gasteiger partial charge < -0.3 is 10.0 Å². The van der Waals surface area contributed by atoms with Crippen molar-refractivity contribution in [2.45, 2.75) is 53.1 Å². The summed E-state index contributed by atoms with van der Waals surface area (Å²) in [6, 6.07) is -1.18. The van der Waals surface area contributed by atoms with Gasteiger partial charge in [0.1, 0.15) is 6.04 Å². The average molecular weight is 299 g/mol. The van der Waals surface area contributed by atoms with Crippen LogP contribution in [0.25, 0.3) is 0 Å². The van der Waals surface area contributed by atoms with Crippen LogP contribution in [0.1, 0.15) is 41.0 Å². The Morgan fingerprint density at radius 2 is 1.80 bits per heavy atom. The van der Waals surface area contributed by atoms with Crippen molar-refractivity contribution in [3.63, 3.8) is 0 Å². The summed E-state index contributed by atoms with van der Waals surface area (Å²) in [5.74, 6) is -1.19. The molecule has 0 aromatic carbocycles. The zero-order valence-corrected chi connectivity index (χ0v) is 13.8. The smallest absolute Gasteiger partial charge is 0.327 e. The number of thiol groups is 1. The second-order valence-corrected chi connectivity index (χ2v) is 5.48. The molecule has 0 aliphatic rings. The molecule has 1 N–H and O–H groups in total. The van der Waals surface area contributed by atoms with Crippen LogP contribution in [0.3, 0.4) is 0 Å². The first-order valence-electron chi connectivity index (χ1n) is 6.63. The van der Waals surface area contributed by atoms with Gasteiger partial charge in [-0.1, -0.05) is 23.3 Å². The molecule has 2 atom stereocenters. The Bertz CT molecular complexity index is 411. The topological polar surface area (TPSA) is 57.6 Å². The first kappa shape index (κ1) is 18.8. The van der Waals surface area contributed by atoms with Crippen LogP contribution in [-0.4, -0.2) is 39.7 Å². The third kappa shape index (κ3) is 5.82. The third-order valence-electron chi connectivity index (χ3n) is 3.06. The number of carbonyl (C=O) groups is 2. The monoisotopic (exact) mass is 299 g/mol. The van der Waals surface area contributed by atoms with E-state index in [9.17, 15) is 14.7 Å². The van der Waals surface area contributed by atoms with Gasteiger partial charge in [-0.3, -0.25) is 4.79 Å². The Morgan fingerprint density at radius 1 is 1.25 bits per heavy atom. The van der Waals surface area contributed by atoms with Crippen molar-refractivity contribution in [3.8, 4) is 0 Å². The van der Waals surface area contributed by atoms with Gasteiger partial charge >= 0.3 is 5.97 Å². The molecular formula is C15H25NO3S. The Morgan fingerprint density at radius 3 is 2.10 bits per heavy atom. The van der Waals surface area contributed by atoms with Crippen LogP contribution in [-0.2, 0) is 9.59 Å². The number of hydrogen-bond acceptors (Lipinski definition) is 3. The fourth-order valence-corrected chi connectivity index (χ4v) is 2.37. The maximum Gasteiger partial charge on any atom is 0.327 e. The van der Waals surface area contributed by atoms with Gasteiger partial charge in [-0.2, -0.15) is 12.6 Å². The SMILES string of the molecule is C/C=C(\C)CC(C=C(C)C)N(C(C)=O)[C@@H](CS)C(=O)O. The van der Waals surface area contributed by atoms with Crippen LogP contribution in [0.4, 0.5) is 0 Å². The van der Waals surface area contributed by atoms with Crippen LogP contribution < -0.4 is 0 Å². The van der Waals surface area contributed by atoms with E-state index < -0.39 is 12.0 Å². The Labute approximate surface area is 127 Å². The van der Waals surface area contributed by atoms with Crippen LogP contribution >= 0.6 is 12.6 Å². The van der Waals surface area contributed by atoms with E-state index in [4.69, 9.17) is 0 Å². The highest BCUT2D eigenvalue weighted by atomic mass is 32.1. The van der Waals surface area contributed by atoms with Gasteiger partial charge in [0, 0.05) is 12.7 Å². The van der Waals surface area contributed by atoms with Crippen molar-refractivity contribution in [2.75, 3.05) is 5.75 Å². The van der Waals surface area contributed by atoms with Crippen molar-refractivity contribution < 1.29 is 14.7 Å². The van der Waals surface area contributed by atoms with E-state index in [1.165, 1.54) is 11.8 Å². The number of nitrogens with zero attached hydrogens (tertiary/aromatic N) is 1. The molecule has 0 radical (unpaired) electrons. The number of carbonyl (C=O) groups excluding carboxylic acids is 1. The lowest BCUT2D eigenvalue weighted by Gasteiger charge is -2.34. The van der Waals surface area contributed by atoms with Crippen molar-refractivity contribution >= 4 is 24.5 Å². The Hall–Kier alpha value is -1.23. The Balaban J connectivity index is 5.58. The zero-order chi connectivity index (χ0) is 15.9. The van der Waals surface area contributed by atoms with Gasteiger partial charge in [0.25, 0.3) is 0 Å².